The van der Waals surface area contributed by atoms with Gasteiger partial charge in [-0.25, -0.2) is 0 Å². The molecule has 1 heterocycles. The lowest BCUT2D eigenvalue weighted by atomic mass is 10.2. The molecule has 0 saturated heterocycles. The van der Waals surface area contributed by atoms with Crippen molar-refractivity contribution in [2.24, 2.45) is 0 Å². The normalized spacial score (nSPS) is 10.7. The number of nitrogens with one attached hydrogen (secondary N) is 1. The van der Waals surface area contributed by atoms with Crippen molar-refractivity contribution in [3.8, 4) is 17.1 Å². The molecule has 3 aromatic rings. The summed E-state index contributed by atoms with van der Waals surface area (Å²) in [5.41, 5.74) is 2.64. The van der Waals surface area contributed by atoms with Crippen molar-refractivity contribution < 1.29 is 9.53 Å². The number of carbonyl (C=O) groups is 1. The number of rotatable bonds is 7. The first-order valence-corrected chi connectivity index (χ1v) is 10.1. The van der Waals surface area contributed by atoms with Gasteiger partial charge in [-0.15, -0.1) is 10.2 Å². The lowest BCUT2D eigenvalue weighted by Crippen LogP contribution is -2.14. The lowest BCUT2D eigenvalue weighted by molar-refractivity contribution is -0.113. The predicted octanol–water partition coefficient (Wildman–Crippen LogP) is 4.67. The second kappa shape index (κ2) is 9.12. The number of halogens is 1. The molecule has 0 saturated carbocycles. The van der Waals surface area contributed by atoms with Crippen molar-refractivity contribution >= 4 is 35.0 Å². The van der Waals surface area contributed by atoms with Gasteiger partial charge in [-0.1, -0.05) is 35.5 Å². The Morgan fingerprint density at radius 3 is 2.79 bits per heavy atom. The Morgan fingerprint density at radius 2 is 2.07 bits per heavy atom. The molecule has 0 spiro atoms. The molecule has 6 nitrogen and oxygen atoms in total. The molecule has 0 aliphatic heterocycles. The van der Waals surface area contributed by atoms with E-state index in [2.05, 4.69) is 15.5 Å². The highest BCUT2D eigenvalue weighted by Crippen LogP contribution is 2.33. The van der Waals surface area contributed by atoms with Gasteiger partial charge in [0, 0.05) is 17.3 Å². The summed E-state index contributed by atoms with van der Waals surface area (Å²) in [7, 11) is 1.60. The minimum absolute atomic E-state index is 0.0943. The van der Waals surface area contributed by atoms with Gasteiger partial charge in [-0.05, 0) is 49.7 Å². The van der Waals surface area contributed by atoms with Crippen LogP contribution >= 0.6 is 23.4 Å². The van der Waals surface area contributed by atoms with Crippen LogP contribution in [0.1, 0.15) is 12.5 Å². The van der Waals surface area contributed by atoms with Crippen molar-refractivity contribution in [2.75, 3.05) is 18.2 Å². The van der Waals surface area contributed by atoms with Crippen LogP contribution < -0.4 is 10.1 Å². The number of benzene rings is 2. The lowest BCUT2D eigenvalue weighted by Gasteiger charge is -2.11. The van der Waals surface area contributed by atoms with Crippen LogP contribution in [0.15, 0.2) is 47.6 Å². The fraction of sp³-hybridized carbons (Fsp3) is 0.250. The third-order valence-electron chi connectivity index (χ3n) is 4.07. The Morgan fingerprint density at radius 1 is 1.25 bits per heavy atom. The summed E-state index contributed by atoms with van der Waals surface area (Å²) in [6, 6.07) is 13.1. The van der Waals surface area contributed by atoms with E-state index in [1.165, 1.54) is 11.8 Å². The maximum Gasteiger partial charge on any atom is 0.234 e. The molecule has 146 valence electrons. The Labute approximate surface area is 173 Å². The average molecular weight is 417 g/mol. The summed E-state index contributed by atoms with van der Waals surface area (Å²) in [5, 5.41) is 12.7. The number of methoxy groups -OCH3 is 1. The van der Waals surface area contributed by atoms with Crippen molar-refractivity contribution in [1.29, 1.82) is 0 Å². The maximum absolute atomic E-state index is 12.3. The summed E-state index contributed by atoms with van der Waals surface area (Å²) >= 11 is 7.49. The number of anilines is 1. The zero-order valence-corrected chi connectivity index (χ0v) is 17.5. The number of hydrogen-bond acceptors (Lipinski definition) is 5. The quantitative estimate of drug-likeness (QED) is 0.567. The zero-order valence-electron chi connectivity index (χ0n) is 15.9. The Kier molecular flexibility index (Phi) is 6.59. The second-order valence-electron chi connectivity index (χ2n) is 6.10. The predicted molar refractivity (Wildman–Crippen MR) is 113 cm³/mol. The van der Waals surface area contributed by atoms with E-state index in [0.29, 0.717) is 28.3 Å². The van der Waals surface area contributed by atoms with Crippen LogP contribution in [0.2, 0.25) is 5.02 Å². The molecule has 0 atom stereocenters. The number of carbonyl (C=O) groups excluding carboxylic acids is 1. The number of ether oxygens (including phenoxy) is 1. The molecule has 1 aromatic heterocycles. The Hall–Kier alpha value is -2.51. The average Bonchev–Trinajstić information content (AvgIpc) is 3.09. The number of hydrogen-bond donors (Lipinski definition) is 1. The van der Waals surface area contributed by atoms with E-state index in [0.717, 1.165) is 16.8 Å². The van der Waals surface area contributed by atoms with Crippen molar-refractivity contribution in [3.63, 3.8) is 0 Å². The molecule has 3 rings (SSSR count). The number of nitrogens with zero attached hydrogens (tertiary/aromatic N) is 3. The van der Waals surface area contributed by atoms with Crippen LogP contribution in [-0.2, 0) is 11.3 Å². The standard InChI is InChI=1S/C20H21ClN4O2S/c1-4-25-19(16-11-14(21)8-9-17(16)27-3)23-24-20(25)28-12-18(26)22-15-7-5-6-13(2)10-15/h5-11H,4,12H2,1-3H3,(H,22,26). The van der Waals surface area contributed by atoms with E-state index in [1.807, 2.05) is 42.7 Å². The van der Waals surface area contributed by atoms with Crippen molar-refractivity contribution in [2.45, 2.75) is 25.5 Å². The molecule has 2 aromatic carbocycles. The van der Waals surface area contributed by atoms with Crippen molar-refractivity contribution in [1.82, 2.24) is 14.8 Å². The Bertz CT molecular complexity index is 990. The SMILES string of the molecule is CCn1c(SCC(=O)Nc2cccc(C)c2)nnc1-c1cc(Cl)ccc1OC. The van der Waals surface area contributed by atoms with E-state index in [1.54, 1.807) is 25.3 Å². The van der Waals surface area contributed by atoms with Crippen LogP contribution in [0, 0.1) is 6.92 Å². The van der Waals surface area contributed by atoms with Gasteiger partial charge < -0.3 is 14.6 Å². The first-order valence-electron chi connectivity index (χ1n) is 8.78. The molecule has 1 amide bonds. The zero-order chi connectivity index (χ0) is 20.1. The number of aromatic nitrogens is 3. The van der Waals surface area contributed by atoms with E-state index in [4.69, 9.17) is 16.3 Å². The molecule has 0 fully saturated rings. The smallest absolute Gasteiger partial charge is 0.234 e. The molecule has 0 bridgehead atoms. The van der Waals surface area contributed by atoms with Crippen molar-refractivity contribution in [3.05, 3.63) is 53.1 Å². The topological polar surface area (TPSA) is 69.0 Å². The van der Waals surface area contributed by atoms with Gasteiger partial charge in [-0.2, -0.15) is 0 Å². The third-order valence-corrected chi connectivity index (χ3v) is 5.27. The van der Waals surface area contributed by atoms with Crippen LogP contribution in [0.4, 0.5) is 5.69 Å². The molecular formula is C20H21ClN4O2S. The third kappa shape index (κ3) is 4.66. The largest absolute Gasteiger partial charge is 0.496 e. The summed E-state index contributed by atoms with van der Waals surface area (Å²) in [6.45, 7) is 4.64. The molecule has 0 aliphatic carbocycles. The highest BCUT2D eigenvalue weighted by Gasteiger charge is 2.18. The summed E-state index contributed by atoms with van der Waals surface area (Å²) in [6.07, 6.45) is 0. The molecule has 0 radical (unpaired) electrons. The van der Waals surface area contributed by atoms with Crippen LogP contribution in [-0.4, -0.2) is 33.5 Å². The molecule has 1 N–H and O–H groups in total. The first kappa shape index (κ1) is 20.2. The molecule has 8 heteroatoms. The van der Waals surface area contributed by atoms with Gasteiger partial charge >= 0.3 is 0 Å². The highest BCUT2D eigenvalue weighted by molar-refractivity contribution is 7.99. The number of thioether (sulfide) groups is 1. The summed E-state index contributed by atoms with van der Waals surface area (Å²) in [4.78, 5) is 12.3. The molecule has 28 heavy (non-hydrogen) atoms. The van der Waals surface area contributed by atoms with Gasteiger partial charge in [-0.3, -0.25) is 4.79 Å². The van der Waals surface area contributed by atoms with Gasteiger partial charge in [0.05, 0.1) is 18.4 Å². The first-order chi connectivity index (χ1) is 13.5. The Balaban J connectivity index is 1.76. The van der Waals surface area contributed by atoms with Gasteiger partial charge in [0.25, 0.3) is 0 Å². The van der Waals surface area contributed by atoms with Crippen LogP contribution in [0.3, 0.4) is 0 Å². The maximum atomic E-state index is 12.3. The second-order valence-corrected chi connectivity index (χ2v) is 7.48. The number of amides is 1. The summed E-state index contributed by atoms with van der Waals surface area (Å²) < 4.78 is 7.37. The minimum atomic E-state index is -0.0943. The van der Waals surface area contributed by atoms with Crippen LogP contribution in [0.5, 0.6) is 5.75 Å². The minimum Gasteiger partial charge on any atom is -0.496 e. The van der Waals surface area contributed by atoms with E-state index in [-0.39, 0.29) is 11.7 Å². The monoisotopic (exact) mass is 416 g/mol. The number of aryl methyl sites for hydroxylation is 1. The van der Waals surface area contributed by atoms with Gasteiger partial charge in [0.15, 0.2) is 11.0 Å². The van der Waals surface area contributed by atoms with Gasteiger partial charge in [0.1, 0.15) is 5.75 Å². The fourth-order valence-corrected chi connectivity index (χ4v) is 3.76. The molecule has 0 unspecified atom stereocenters. The van der Waals surface area contributed by atoms with Crippen LogP contribution in [0.25, 0.3) is 11.4 Å². The summed E-state index contributed by atoms with van der Waals surface area (Å²) in [5.74, 6) is 1.46. The fourth-order valence-electron chi connectivity index (χ4n) is 2.78. The highest BCUT2D eigenvalue weighted by atomic mass is 35.5. The van der Waals surface area contributed by atoms with E-state index in [9.17, 15) is 4.79 Å². The van der Waals surface area contributed by atoms with E-state index >= 15 is 0 Å². The van der Waals surface area contributed by atoms with Gasteiger partial charge in [0.2, 0.25) is 5.91 Å². The molecule has 0 aliphatic rings. The van der Waals surface area contributed by atoms with E-state index < -0.39 is 0 Å². The molecular weight excluding hydrogens is 396 g/mol.